The predicted octanol–water partition coefficient (Wildman–Crippen LogP) is 1.32. The van der Waals surface area contributed by atoms with Gasteiger partial charge in [-0.15, -0.1) is 0 Å². The van der Waals surface area contributed by atoms with E-state index in [4.69, 9.17) is 22.4 Å². The standard InChI is InChI=1S/C10H12ClN3O3/c11-7-4-2-1-3-6(7)8(14-10(16)17)5-13-9(12)15/h1-4,8,14H,5H2,(H,16,17)(H3,12,13,15). The van der Waals surface area contributed by atoms with Crippen molar-refractivity contribution >= 4 is 23.7 Å². The van der Waals surface area contributed by atoms with Crippen LogP contribution in [-0.4, -0.2) is 23.8 Å². The van der Waals surface area contributed by atoms with Gasteiger partial charge in [-0.2, -0.15) is 0 Å². The highest BCUT2D eigenvalue weighted by molar-refractivity contribution is 6.31. The van der Waals surface area contributed by atoms with Gasteiger partial charge < -0.3 is 21.5 Å². The fourth-order valence-electron chi connectivity index (χ4n) is 1.35. The molecule has 0 aromatic heterocycles. The number of hydrogen-bond donors (Lipinski definition) is 4. The molecule has 1 rings (SSSR count). The topological polar surface area (TPSA) is 104 Å². The molecule has 0 bridgehead atoms. The Kier molecular flexibility index (Phi) is 4.59. The third-order valence-corrected chi connectivity index (χ3v) is 2.40. The van der Waals surface area contributed by atoms with Gasteiger partial charge in [-0.05, 0) is 11.6 Å². The number of urea groups is 1. The molecular weight excluding hydrogens is 246 g/mol. The molecule has 5 N–H and O–H groups in total. The number of amides is 3. The highest BCUT2D eigenvalue weighted by Crippen LogP contribution is 2.22. The van der Waals surface area contributed by atoms with Crippen molar-refractivity contribution in [2.75, 3.05) is 6.54 Å². The number of carbonyl (C=O) groups is 2. The van der Waals surface area contributed by atoms with E-state index in [0.717, 1.165) is 0 Å². The molecule has 0 aliphatic carbocycles. The molecule has 92 valence electrons. The van der Waals surface area contributed by atoms with E-state index in [0.29, 0.717) is 10.6 Å². The first-order chi connectivity index (χ1) is 8.00. The Balaban J connectivity index is 2.85. The average Bonchev–Trinajstić information content (AvgIpc) is 2.24. The van der Waals surface area contributed by atoms with Crippen LogP contribution in [0.15, 0.2) is 24.3 Å². The molecule has 6 nitrogen and oxygen atoms in total. The van der Waals surface area contributed by atoms with Crippen molar-refractivity contribution < 1.29 is 14.7 Å². The van der Waals surface area contributed by atoms with E-state index in [-0.39, 0.29) is 6.54 Å². The Hall–Kier alpha value is -1.95. The van der Waals surface area contributed by atoms with Crippen molar-refractivity contribution in [1.29, 1.82) is 0 Å². The van der Waals surface area contributed by atoms with Crippen LogP contribution >= 0.6 is 11.6 Å². The quantitative estimate of drug-likeness (QED) is 0.654. The molecule has 0 aliphatic rings. The average molecular weight is 258 g/mol. The molecule has 0 heterocycles. The maximum absolute atomic E-state index is 10.6. The number of nitrogens with two attached hydrogens (primary N) is 1. The van der Waals surface area contributed by atoms with E-state index in [1.165, 1.54) is 0 Å². The summed E-state index contributed by atoms with van der Waals surface area (Å²) in [6.45, 7) is 0.0331. The molecule has 0 aliphatic heterocycles. The first-order valence-corrected chi connectivity index (χ1v) is 5.15. The molecule has 3 amide bonds. The SMILES string of the molecule is NC(=O)NCC(NC(=O)O)c1ccccc1Cl. The summed E-state index contributed by atoms with van der Waals surface area (Å²) in [5.41, 5.74) is 5.50. The minimum absolute atomic E-state index is 0.0331. The number of carboxylic acid groups (broad SMARTS) is 1. The molecule has 1 aromatic rings. The maximum Gasteiger partial charge on any atom is 0.405 e. The first kappa shape index (κ1) is 13.1. The molecule has 1 aromatic carbocycles. The molecule has 0 spiro atoms. The summed E-state index contributed by atoms with van der Waals surface area (Å²) >= 11 is 5.94. The highest BCUT2D eigenvalue weighted by Gasteiger charge is 2.16. The fraction of sp³-hybridized carbons (Fsp3) is 0.200. The fourth-order valence-corrected chi connectivity index (χ4v) is 1.62. The maximum atomic E-state index is 10.6. The van der Waals surface area contributed by atoms with E-state index in [1.807, 2.05) is 0 Å². The Bertz CT molecular complexity index is 425. The van der Waals surface area contributed by atoms with Gasteiger partial charge in [0.25, 0.3) is 0 Å². The Labute approximate surface area is 103 Å². The monoisotopic (exact) mass is 257 g/mol. The molecule has 1 unspecified atom stereocenters. The lowest BCUT2D eigenvalue weighted by molar-refractivity contribution is 0.189. The van der Waals surface area contributed by atoms with Gasteiger partial charge in [0.1, 0.15) is 0 Å². The van der Waals surface area contributed by atoms with Gasteiger partial charge >= 0.3 is 12.1 Å². The molecule has 0 fully saturated rings. The van der Waals surface area contributed by atoms with Crippen LogP contribution in [-0.2, 0) is 0 Å². The van der Waals surface area contributed by atoms with Crippen molar-refractivity contribution in [1.82, 2.24) is 10.6 Å². The van der Waals surface area contributed by atoms with Gasteiger partial charge in [0.2, 0.25) is 0 Å². The Morgan fingerprint density at radius 2 is 2.06 bits per heavy atom. The van der Waals surface area contributed by atoms with Crippen LogP contribution in [0.25, 0.3) is 0 Å². The van der Waals surface area contributed by atoms with Crippen molar-refractivity contribution in [2.45, 2.75) is 6.04 Å². The van der Waals surface area contributed by atoms with Crippen LogP contribution in [0.1, 0.15) is 11.6 Å². The summed E-state index contributed by atoms with van der Waals surface area (Å²) in [6, 6.07) is 5.39. The zero-order chi connectivity index (χ0) is 12.8. The third-order valence-electron chi connectivity index (χ3n) is 2.06. The number of halogens is 1. The van der Waals surface area contributed by atoms with Crippen molar-refractivity contribution in [3.63, 3.8) is 0 Å². The van der Waals surface area contributed by atoms with Crippen LogP contribution in [0.5, 0.6) is 0 Å². The molecule has 0 radical (unpaired) electrons. The van der Waals surface area contributed by atoms with Crippen LogP contribution in [0.4, 0.5) is 9.59 Å². The van der Waals surface area contributed by atoms with Gasteiger partial charge in [-0.3, -0.25) is 0 Å². The van der Waals surface area contributed by atoms with Gasteiger partial charge in [0, 0.05) is 11.6 Å². The van der Waals surface area contributed by atoms with Crippen LogP contribution in [0.2, 0.25) is 5.02 Å². The molecule has 1 atom stereocenters. The van der Waals surface area contributed by atoms with E-state index in [2.05, 4.69) is 10.6 Å². The second kappa shape index (κ2) is 5.95. The molecule has 0 saturated heterocycles. The van der Waals surface area contributed by atoms with Gasteiger partial charge in [0.05, 0.1) is 6.04 Å². The summed E-state index contributed by atoms with van der Waals surface area (Å²) in [5.74, 6) is 0. The third kappa shape index (κ3) is 4.20. The van der Waals surface area contributed by atoms with Crippen LogP contribution in [0, 0.1) is 0 Å². The highest BCUT2D eigenvalue weighted by atomic mass is 35.5. The van der Waals surface area contributed by atoms with Crippen molar-refractivity contribution in [3.8, 4) is 0 Å². The lowest BCUT2D eigenvalue weighted by atomic mass is 10.1. The predicted molar refractivity (Wildman–Crippen MR) is 62.9 cm³/mol. The largest absolute Gasteiger partial charge is 0.465 e. The molecule has 7 heteroatoms. The van der Waals surface area contributed by atoms with Crippen LogP contribution in [0.3, 0.4) is 0 Å². The van der Waals surface area contributed by atoms with E-state index >= 15 is 0 Å². The van der Waals surface area contributed by atoms with Crippen molar-refractivity contribution in [2.24, 2.45) is 5.73 Å². The number of hydrogen-bond acceptors (Lipinski definition) is 2. The minimum Gasteiger partial charge on any atom is -0.465 e. The van der Waals surface area contributed by atoms with Gasteiger partial charge in [0.15, 0.2) is 0 Å². The van der Waals surface area contributed by atoms with E-state index < -0.39 is 18.2 Å². The summed E-state index contributed by atoms with van der Waals surface area (Å²) in [7, 11) is 0. The molecule has 17 heavy (non-hydrogen) atoms. The molecular formula is C10H12ClN3O3. The Morgan fingerprint density at radius 3 is 2.59 bits per heavy atom. The van der Waals surface area contributed by atoms with Gasteiger partial charge in [-0.1, -0.05) is 29.8 Å². The zero-order valence-electron chi connectivity index (χ0n) is 8.81. The second-order valence-corrected chi connectivity index (χ2v) is 3.68. The number of rotatable bonds is 4. The summed E-state index contributed by atoms with van der Waals surface area (Å²) < 4.78 is 0. The Morgan fingerprint density at radius 1 is 1.41 bits per heavy atom. The lowest BCUT2D eigenvalue weighted by Gasteiger charge is -2.18. The minimum atomic E-state index is -1.21. The smallest absolute Gasteiger partial charge is 0.405 e. The first-order valence-electron chi connectivity index (χ1n) is 4.78. The second-order valence-electron chi connectivity index (χ2n) is 3.27. The zero-order valence-corrected chi connectivity index (χ0v) is 9.57. The number of nitrogens with one attached hydrogen (secondary N) is 2. The molecule has 0 saturated carbocycles. The number of benzene rings is 1. The van der Waals surface area contributed by atoms with Gasteiger partial charge in [-0.25, -0.2) is 9.59 Å². The summed E-state index contributed by atoms with van der Waals surface area (Å²) in [6.07, 6.45) is -1.21. The lowest BCUT2D eigenvalue weighted by Crippen LogP contribution is -2.39. The van der Waals surface area contributed by atoms with Crippen LogP contribution < -0.4 is 16.4 Å². The summed E-state index contributed by atoms with van der Waals surface area (Å²) in [4.78, 5) is 21.2. The normalized spacial score (nSPS) is 11.6. The number of primary amides is 1. The summed E-state index contributed by atoms with van der Waals surface area (Å²) in [5, 5.41) is 13.7. The van der Waals surface area contributed by atoms with Crippen molar-refractivity contribution in [3.05, 3.63) is 34.9 Å². The number of carbonyl (C=O) groups excluding carboxylic acids is 1. The van der Waals surface area contributed by atoms with E-state index in [1.54, 1.807) is 24.3 Å². The van der Waals surface area contributed by atoms with E-state index in [9.17, 15) is 9.59 Å².